The number of nitro groups is 1. The van der Waals surface area contributed by atoms with Crippen LogP contribution < -0.4 is 0 Å². The van der Waals surface area contributed by atoms with Gasteiger partial charge in [-0.15, -0.1) is 0 Å². The number of hydrogen-bond donors (Lipinski definition) is 1. The first-order valence-electron chi connectivity index (χ1n) is 11.5. The molecule has 0 saturated heterocycles. The lowest BCUT2D eigenvalue weighted by Gasteiger charge is -2.11. The Morgan fingerprint density at radius 1 is 1.00 bits per heavy atom. The average molecular weight is 467 g/mol. The van der Waals surface area contributed by atoms with Crippen molar-refractivity contribution in [2.75, 3.05) is 14.1 Å². The van der Waals surface area contributed by atoms with E-state index in [1.54, 1.807) is 12.1 Å². The van der Waals surface area contributed by atoms with Gasteiger partial charge in [0.2, 0.25) is 0 Å². The number of non-ortho nitro benzene ring substituents is 1. The van der Waals surface area contributed by atoms with Gasteiger partial charge in [0.05, 0.1) is 10.6 Å². The van der Waals surface area contributed by atoms with Gasteiger partial charge < -0.3 is 9.88 Å². The minimum absolute atomic E-state index is 0.0576. The maximum Gasteiger partial charge on any atom is 0.269 e. The molecular weight excluding hydrogens is 440 g/mol. The Hall–Kier alpha value is -4.30. The molecule has 8 nitrogen and oxygen atoms in total. The zero-order chi connectivity index (χ0) is 24.5. The minimum atomic E-state index is -0.391. The number of aromatic nitrogens is 4. The van der Waals surface area contributed by atoms with Gasteiger partial charge in [-0.3, -0.25) is 14.8 Å². The van der Waals surface area contributed by atoms with Crippen molar-refractivity contribution in [3.63, 3.8) is 0 Å². The Morgan fingerprint density at radius 3 is 2.37 bits per heavy atom. The van der Waals surface area contributed by atoms with Crippen LogP contribution in [0.15, 0.2) is 73.1 Å². The lowest BCUT2D eigenvalue weighted by Crippen LogP contribution is -2.10. The first-order valence-corrected chi connectivity index (χ1v) is 11.5. The Labute approximate surface area is 203 Å². The van der Waals surface area contributed by atoms with Crippen molar-refractivity contribution >= 4 is 16.7 Å². The van der Waals surface area contributed by atoms with E-state index in [-0.39, 0.29) is 5.69 Å². The van der Waals surface area contributed by atoms with Crippen molar-refractivity contribution in [2.45, 2.75) is 20.0 Å². The van der Waals surface area contributed by atoms with Crippen LogP contribution in [0.4, 0.5) is 5.69 Å². The number of fused-ring (bicyclic) bond motifs is 1. The Morgan fingerprint density at radius 2 is 1.71 bits per heavy atom. The van der Waals surface area contributed by atoms with Gasteiger partial charge in [-0.2, -0.15) is 5.10 Å². The topological polar surface area (TPSA) is 92.9 Å². The van der Waals surface area contributed by atoms with Crippen molar-refractivity contribution < 1.29 is 4.92 Å². The summed E-state index contributed by atoms with van der Waals surface area (Å²) in [6.45, 7) is 3.63. The largest absolute Gasteiger partial charge is 0.346 e. The Kier molecular flexibility index (Phi) is 5.88. The molecule has 3 heterocycles. The van der Waals surface area contributed by atoms with Gasteiger partial charge in [-0.25, -0.2) is 4.98 Å². The summed E-state index contributed by atoms with van der Waals surface area (Å²) in [5.41, 5.74) is 7.57. The molecule has 0 amide bonds. The highest BCUT2D eigenvalue weighted by molar-refractivity contribution is 5.98. The molecule has 5 rings (SSSR count). The fourth-order valence-electron chi connectivity index (χ4n) is 4.29. The molecule has 0 unspecified atom stereocenters. The maximum absolute atomic E-state index is 11.1. The molecule has 0 fully saturated rings. The lowest BCUT2D eigenvalue weighted by atomic mass is 9.97. The van der Waals surface area contributed by atoms with Gasteiger partial charge in [0.25, 0.3) is 5.69 Å². The second-order valence-corrected chi connectivity index (χ2v) is 8.78. The fourth-order valence-corrected chi connectivity index (χ4v) is 4.29. The standard InChI is InChI=1S/C27H26N6O2/c1-4-32-17-24(26(30-32)20-9-11-21(12-10-20)33(34)35)23-15-25(29-27-22(23)13-14-28-27)19-7-5-18(6-8-19)16-31(2)3/h5-15,17H,4,16H2,1-3H3,(H,28,29). The summed E-state index contributed by atoms with van der Waals surface area (Å²) in [5.74, 6) is 0. The number of nitrogens with zero attached hydrogens (tertiary/aromatic N) is 5. The third-order valence-corrected chi connectivity index (χ3v) is 6.00. The summed E-state index contributed by atoms with van der Waals surface area (Å²) < 4.78 is 1.89. The molecule has 0 bridgehead atoms. The summed E-state index contributed by atoms with van der Waals surface area (Å²) in [4.78, 5) is 21.0. The molecule has 3 aromatic heterocycles. The van der Waals surface area contributed by atoms with Crippen molar-refractivity contribution in [2.24, 2.45) is 0 Å². The van der Waals surface area contributed by atoms with E-state index in [0.717, 1.165) is 51.2 Å². The van der Waals surface area contributed by atoms with Crippen LogP contribution in [0.1, 0.15) is 12.5 Å². The summed E-state index contributed by atoms with van der Waals surface area (Å²) in [6.07, 6.45) is 3.92. The van der Waals surface area contributed by atoms with Gasteiger partial charge in [0.15, 0.2) is 0 Å². The van der Waals surface area contributed by atoms with Crippen LogP contribution in [0.2, 0.25) is 0 Å². The van der Waals surface area contributed by atoms with Crippen molar-refractivity contribution in [3.05, 3.63) is 88.7 Å². The van der Waals surface area contributed by atoms with E-state index >= 15 is 0 Å². The quantitative estimate of drug-likeness (QED) is 0.243. The molecule has 0 saturated carbocycles. The van der Waals surface area contributed by atoms with Crippen molar-refractivity contribution in [3.8, 4) is 33.6 Å². The number of nitro benzene ring substituents is 1. The average Bonchev–Trinajstić information content (AvgIpc) is 3.51. The van der Waals surface area contributed by atoms with E-state index in [1.165, 1.54) is 17.7 Å². The molecule has 0 aliphatic heterocycles. The SMILES string of the molecule is CCn1cc(-c2cc(-c3ccc(CN(C)C)cc3)nc3[nH]ccc23)c(-c2ccc([N+](=O)[O-])cc2)n1. The van der Waals surface area contributed by atoms with Gasteiger partial charge in [0.1, 0.15) is 11.3 Å². The monoisotopic (exact) mass is 466 g/mol. The zero-order valence-corrected chi connectivity index (χ0v) is 19.9. The molecular formula is C27H26N6O2. The van der Waals surface area contributed by atoms with Gasteiger partial charge in [0, 0.05) is 59.7 Å². The third kappa shape index (κ3) is 4.43. The maximum atomic E-state index is 11.1. The minimum Gasteiger partial charge on any atom is -0.346 e. The van der Waals surface area contributed by atoms with Crippen LogP contribution in [-0.4, -0.2) is 43.7 Å². The number of H-pyrrole nitrogens is 1. The number of nitrogens with one attached hydrogen (secondary N) is 1. The zero-order valence-electron chi connectivity index (χ0n) is 19.9. The molecule has 0 aliphatic carbocycles. The molecule has 0 radical (unpaired) electrons. The summed E-state index contributed by atoms with van der Waals surface area (Å²) in [5, 5.41) is 16.9. The summed E-state index contributed by atoms with van der Waals surface area (Å²) >= 11 is 0. The van der Waals surface area contributed by atoms with Crippen molar-refractivity contribution in [1.82, 2.24) is 24.6 Å². The number of pyridine rings is 1. The first-order chi connectivity index (χ1) is 16.9. The third-order valence-electron chi connectivity index (χ3n) is 6.00. The molecule has 176 valence electrons. The molecule has 0 aliphatic rings. The lowest BCUT2D eigenvalue weighted by molar-refractivity contribution is -0.384. The number of aromatic amines is 1. The molecule has 5 aromatic rings. The van der Waals surface area contributed by atoms with Crippen LogP contribution in [0, 0.1) is 10.1 Å². The fraction of sp³-hybridized carbons (Fsp3) is 0.185. The molecule has 35 heavy (non-hydrogen) atoms. The van der Waals surface area contributed by atoms with E-state index in [2.05, 4.69) is 54.3 Å². The predicted octanol–water partition coefficient (Wildman–Crippen LogP) is 5.75. The Bertz CT molecular complexity index is 1500. The van der Waals surface area contributed by atoms with Crippen LogP contribution in [-0.2, 0) is 13.1 Å². The molecule has 1 N–H and O–H groups in total. The molecule has 0 spiro atoms. The highest BCUT2D eigenvalue weighted by Gasteiger charge is 2.18. The van der Waals surface area contributed by atoms with Gasteiger partial charge >= 0.3 is 0 Å². The second kappa shape index (κ2) is 9.15. The van der Waals surface area contributed by atoms with Gasteiger partial charge in [-0.1, -0.05) is 24.3 Å². The first kappa shape index (κ1) is 22.5. The van der Waals surface area contributed by atoms with Crippen molar-refractivity contribution in [1.29, 1.82) is 0 Å². The molecule has 8 heteroatoms. The van der Waals surface area contributed by atoms with E-state index in [9.17, 15) is 10.1 Å². The summed E-state index contributed by atoms with van der Waals surface area (Å²) in [7, 11) is 4.11. The van der Waals surface area contributed by atoms with Crippen LogP contribution in [0.5, 0.6) is 0 Å². The highest BCUT2D eigenvalue weighted by atomic mass is 16.6. The normalized spacial score (nSPS) is 11.4. The summed E-state index contributed by atoms with van der Waals surface area (Å²) in [6, 6.07) is 19.1. The number of aryl methyl sites for hydroxylation is 1. The predicted molar refractivity (Wildman–Crippen MR) is 138 cm³/mol. The van der Waals surface area contributed by atoms with Crippen LogP contribution in [0.25, 0.3) is 44.7 Å². The molecule has 0 atom stereocenters. The van der Waals surface area contributed by atoms with E-state index in [1.807, 2.05) is 30.1 Å². The molecule has 2 aromatic carbocycles. The highest BCUT2D eigenvalue weighted by Crippen LogP contribution is 2.37. The van der Waals surface area contributed by atoms with Gasteiger partial charge in [-0.05, 0) is 56.4 Å². The van der Waals surface area contributed by atoms with E-state index < -0.39 is 4.92 Å². The number of hydrogen-bond acceptors (Lipinski definition) is 5. The smallest absolute Gasteiger partial charge is 0.269 e. The number of rotatable bonds is 7. The van der Waals surface area contributed by atoms with Crippen LogP contribution >= 0.6 is 0 Å². The Balaban J connectivity index is 1.64. The number of benzene rings is 2. The van der Waals surface area contributed by atoms with E-state index in [0.29, 0.717) is 6.54 Å². The second-order valence-electron chi connectivity index (χ2n) is 8.78. The van der Waals surface area contributed by atoms with Crippen LogP contribution in [0.3, 0.4) is 0 Å². The van der Waals surface area contributed by atoms with E-state index in [4.69, 9.17) is 10.1 Å².